The van der Waals surface area contributed by atoms with E-state index in [0.29, 0.717) is 25.6 Å². The van der Waals surface area contributed by atoms with Crippen LogP contribution >= 0.6 is 0 Å². The lowest BCUT2D eigenvalue weighted by molar-refractivity contribution is -0.151. The SMILES string of the molecule is CCCNC(C)(CCOCC1CCOCC1)C(=O)OCC. The minimum atomic E-state index is -0.651. The molecule has 5 nitrogen and oxygen atoms in total. The lowest BCUT2D eigenvalue weighted by Crippen LogP contribution is -2.51. The molecule has 1 aliphatic heterocycles. The topological polar surface area (TPSA) is 56.8 Å². The van der Waals surface area contributed by atoms with Crippen molar-refractivity contribution in [3.05, 3.63) is 0 Å². The molecule has 0 spiro atoms. The van der Waals surface area contributed by atoms with Crippen molar-refractivity contribution in [2.24, 2.45) is 5.92 Å². The van der Waals surface area contributed by atoms with Crippen LogP contribution in [0.15, 0.2) is 0 Å². The van der Waals surface area contributed by atoms with Gasteiger partial charge in [-0.25, -0.2) is 0 Å². The van der Waals surface area contributed by atoms with Crippen molar-refractivity contribution in [2.75, 3.05) is 39.6 Å². The molecule has 1 N–H and O–H groups in total. The van der Waals surface area contributed by atoms with E-state index in [9.17, 15) is 4.79 Å². The zero-order valence-electron chi connectivity index (χ0n) is 13.8. The Morgan fingerprint density at radius 3 is 2.67 bits per heavy atom. The lowest BCUT2D eigenvalue weighted by atomic mass is 9.98. The first-order valence-electron chi connectivity index (χ1n) is 8.20. The molecule has 0 aromatic carbocycles. The summed E-state index contributed by atoms with van der Waals surface area (Å²) in [5.74, 6) is 0.407. The third-order valence-electron chi connectivity index (χ3n) is 3.93. The molecule has 0 saturated carbocycles. The van der Waals surface area contributed by atoms with Gasteiger partial charge in [-0.3, -0.25) is 4.79 Å². The molecule has 5 heteroatoms. The van der Waals surface area contributed by atoms with Gasteiger partial charge in [-0.1, -0.05) is 6.92 Å². The van der Waals surface area contributed by atoms with Gasteiger partial charge in [-0.15, -0.1) is 0 Å². The van der Waals surface area contributed by atoms with E-state index in [2.05, 4.69) is 12.2 Å². The van der Waals surface area contributed by atoms with Crippen molar-refractivity contribution in [2.45, 2.75) is 52.0 Å². The lowest BCUT2D eigenvalue weighted by Gasteiger charge is -2.29. The van der Waals surface area contributed by atoms with E-state index in [1.807, 2.05) is 13.8 Å². The Labute approximate surface area is 128 Å². The van der Waals surface area contributed by atoms with E-state index in [1.165, 1.54) is 0 Å². The van der Waals surface area contributed by atoms with Crippen LogP contribution < -0.4 is 5.32 Å². The maximum absolute atomic E-state index is 12.1. The average Bonchev–Trinajstić information content (AvgIpc) is 2.51. The Hall–Kier alpha value is -0.650. The second-order valence-corrected chi connectivity index (χ2v) is 5.86. The highest BCUT2D eigenvalue weighted by molar-refractivity contribution is 5.80. The van der Waals surface area contributed by atoms with Gasteiger partial charge in [0.2, 0.25) is 0 Å². The van der Waals surface area contributed by atoms with Gasteiger partial charge in [-0.05, 0) is 52.0 Å². The number of carbonyl (C=O) groups is 1. The molecule has 1 unspecified atom stereocenters. The fraction of sp³-hybridized carbons (Fsp3) is 0.938. The standard InChI is InChI=1S/C16H31NO4/c1-4-9-17-16(3,15(18)21-5-2)8-12-20-13-14-6-10-19-11-7-14/h14,17H,4-13H2,1-3H3. The smallest absolute Gasteiger partial charge is 0.326 e. The van der Waals surface area contributed by atoms with Crippen molar-refractivity contribution in [3.63, 3.8) is 0 Å². The van der Waals surface area contributed by atoms with Crippen LogP contribution in [0.1, 0.15) is 46.5 Å². The highest BCUT2D eigenvalue weighted by atomic mass is 16.5. The Bertz CT molecular complexity index is 292. The van der Waals surface area contributed by atoms with E-state index in [1.54, 1.807) is 0 Å². The molecule has 1 fully saturated rings. The van der Waals surface area contributed by atoms with Gasteiger partial charge >= 0.3 is 5.97 Å². The van der Waals surface area contributed by atoms with Gasteiger partial charge in [0, 0.05) is 26.4 Å². The first-order chi connectivity index (χ1) is 10.1. The third kappa shape index (κ3) is 6.76. The van der Waals surface area contributed by atoms with Crippen LogP contribution in [0.2, 0.25) is 0 Å². The predicted molar refractivity (Wildman–Crippen MR) is 82.3 cm³/mol. The number of nitrogens with one attached hydrogen (secondary N) is 1. The van der Waals surface area contributed by atoms with Crippen LogP contribution in [0.5, 0.6) is 0 Å². The molecule has 124 valence electrons. The summed E-state index contributed by atoms with van der Waals surface area (Å²) in [5.41, 5.74) is -0.651. The fourth-order valence-electron chi connectivity index (χ4n) is 2.39. The van der Waals surface area contributed by atoms with E-state index >= 15 is 0 Å². The quantitative estimate of drug-likeness (QED) is 0.495. The maximum Gasteiger partial charge on any atom is 0.326 e. The summed E-state index contributed by atoms with van der Waals surface area (Å²) < 4.78 is 16.3. The summed E-state index contributed by atoms with van der Waals surface area (Å²) in [6, 6.07) is 0. The molecule has 1 saturated heterocycles. The molecule has 0 bridgehead atoms. The number of hydrogen-bond donors (Lipinski definition) is 1. The molecule has 0 aromatic rings. The van der Waals surface area contributed by atoms with Gasteiger partial charge in [0.25, 0.3) is 0 Å². The van der Waals surface area contributed by atoms with E-state index in [0.717, 1.165) is 45.6 Å². The van der Waals surface area contributed by atoms with E-state index < -0.39 is 5.54 Å². The van der Waals surface area contributed by atoms with Crippen LogP contribution in [-0.2, 0) is 19.0 Å². The van der Waals surface area contributed by atoms with Crippen LogP contribution in [0.4, 0.5) is 0 Å². The predicted octanol–water partition coefficient (Wildman–Crippen LogP) is 2.14. The summed E-state index contributed by atoms with van der Waals surface area (Å²) in [6.07, 6.45) is 3.76. The van der Waals surface area contributed by atoms with Crippen molar-refractivity contribution in [1.82, 2.24) is 5.32 Å². The van der Waals surface area contributed by atoms with Gasteiger partial charge in [0.1, 0.15) is 5.54 Å². The van der Waals surface area contributed by atoms with Crippen molar-refractivity contribution < 1.29 is 19.0 Å². The molecule has 0 aliphatic carbocycles. The molecule has 1 atom stereocenters. The minimum Gasteiger partial charge on any atom is -0.465 e. The molecule has 21 heavy (non-hydrogen) atoms. The minimum absolute atomic E-state index is 0.187. The summed E-state index contributed by atoms with van der Waals surface area (Å²) in [6.45, 7) is 10.0. The molecule has 1 aliphatic rings. The second kappa shape index (κ2) is 10.1. The molecule has 1 heterocycles. The average molecular weight is 301 g/mol. The highest BCUT2D eigenvalue weighted by Gasteiger charge is 2.33. The summed E-state index contributed by atoms with van der Waals surface area (Å²) in [7, 11) is 0. The maximum atomic E-state index is 12.1. The normalized spacial score (nSPS) is 19.2. The highest BCUT2D eigenvalue weighted by Crippen LogP contribution is 2.17. The summed E-state index contributed by atoms with van der Waals surface area (Å²) in [4.78, 5) is 12.1. The third-order valence-corrected chi connectivity index (χ3v) is 3.93. The van der Waals surface area contributed by atoms with E-state index in [4.69, 9.17) is 14.2 Å². The van der Waals surface area contributed by atoms with Gasteiger partial charge in [-0.2, -0.15) is 0 Å². The molecule has 0 amide bonds. The van der Waals surface area contributed by atoms with Crippen LogP contribution in [-0.4, -0.2) is 51.1 Å². The molecular formula is C16H31NO4. The Balaban J connectivity index is 2.32. The number of esters is 1. The van der Waals surface area contributed by atoms with Gasteiger partial charge in [0.15, 0.2) is 0 Å². The van der Waals surface area contributed by atoms with Crippen molar-refractivity contribution in [3.8, 4) is 0 Å². The molecular weight excluding hydrogens is 270 g/mol. The zero-order valence-corrected chi connectivity index (χ0v) is 13.8. The Kier molecular flexibility index (Phi) is 8.88. The number of ether oxygens (including phenoxy) is 3. The van der Waals surface area contributed by atoms with Crippen LogP contribution in [0.3, 0.4) is 0 Å². The largest absolute Gasteiger partial charge is 0.465 e. The number of rotatable bonds is 10. The van der Waals surface area contributed by atoms with Crippen LogP contribution in [0, 0.1) is 5.92 Å². The first kappa shape index (κ1) is 18.4. The second-order valence-electron chi connectivity index (χ2n) is 5.86. The summed E-state index contributed by atoms with van der Waals surface area (Å²) >= 11 is 0. The number of hydrogen-bond acceptors (Lipinski definition) is 5. The van der Waals surface area contributed by atoms with Crippen molar-refractivity contribution in [1.29, 1.82) is 0 Å². The summed E-state index contributed by atoms with van der Waals surface area (Å²) in [5, 5.41) is 3.29. The van der Waals surface area contributed by atoms with E-state index in [-0.39, 0.29) is 5.97 Å². The Morgan fingerprint density at radius 1 is 1.33 bits per heavy atom. The molecule has 0 radical (unpaired) electrons. The van der Waals surface area contributed by atoms with Gasteiger partial charge < -0.3 is 19.5 Å². The van der Waals surface area contributed by atoms with Gasteiger partial charge in [0.05, 0.1) is 6.61 Å². The number of carbonyl (C=O) groups excluding carboxylic acids is 1. The monoisotopic (exact) mass is 301 g/mol. The molecule has 0 aromatic heterocycles. The van der Waals surface area contributed by atoms with Crippen molar-refractivity contribution >= 4 is 5.97 Å². The molecule has 1 rings (SSSR count). The first-order valence-corrected chi connectivity index (χ1v) is 8.20. The fourth-order valence-corrected chi connectivity index (χ4v) is 2.39. The Morgan fingerprint density at radius 2 is 2.05 bits per heavy atom. The zero-order chi connectivity index (χ0) is 15.6. The van der Waals surface area contributed by atoms with Crippen LogP contribution in [0.25, 0.3) is 0 Å².